The second kappa shape index (κ2) is 8.43. The van der Waals surface area contributed by atoms with Crippen LogP contribution in [0.15, 0.2) is 12.2 Å². The van der Waals surface area contributed by atoms with Crippen LogP contribution in [-0.4, -0.2) is 17.6 Å². The number of aldehydes is 1. The summed E-state index contributed by atoms with van der Waals surface area (Å²) in [4.78, 5) is 14.1. The van der Waals surface area contributed by atoms with Crippen LogP contribution in [0, 0.1) is 0 Å². The Bertz CT molecular complexity index is 132. The van der Waals surface area contributed by atoms with Crippen molar-refractivity contribution in [3.8, 4) is 0 Å². The number of rotatable bonds is 7. The normalized spacial score (nSPS) is 13.5. The molecule has 3 heteroatoms. The fraction of sp³-hybridized carbons (Fsp3) is 0.667. The van der Waals surface area contributed by atoms with E-state index < -0.39 is 0 Å². The minimum Gasteiger partial charge on any atom is -0.299 e. The molecule has 0 fully saturated rings. The zero-order valence-corrected chi connectivity index (χ0v) is 7.40. The smallest absolute Gasteiger partial charge is 0.142 e. The SMILES string of the molecule is CCCCCC(/C=C/C=O)OO. The topological polar surface area (TPSA) is 46.5 Å². The van der Waals surface area contributed by atoms with E-state index in [1.165, 1.54) is 6.08 Å². The van der Waals surface area contributed by atoms with Crippen molar-refractivity contribution in [2.24, 2.45) is 0 Å². The molecule has 12 heavy (non-hydrogen) atoms. The lowest BCUT2D eigenvalue weighted by atomic mass is 10.1. The Morgan fingerprint density at radius 2 is 2.25 bits per heavy atom. The van der Waals surface area contributed by atoms with Crippen LogP contribution in [0.1, 0.15) is 32.6 Å². The van der Waals surface area contributed by atoms with Gasteiger partial charge in [0.2, 0.25) is 0 Å². The van der Waals surface area contributed by atoms with Crippen molar-refractivity contribution in [2.75, 3.05) is 0 Å². The van der Waals surface area contributed by atoms with Crippen LogP contribution in [0.4, 0.5) is 0 Å². The maximum atomic E-state index is 9.93. The Hall–Kier alpha value is -0.670. The van der Waals surface area contributed by atoms with Crippen molar-refractivity contribution in [1.82, 2.24) is 0 Å². The summed E-state index contributed by atoms with van der Waals surface area (Å²) in [5, 5.41) is 8.38. The van der Waals surface area contributed by atoms with Gasteiger partial charge in [0.25, 0.3) is 0 Å². The van der Waals surface area contributed by atoms with Crippen molar-refractivity contribution >= 4 is 6.29 Å². The van der Waals surface area contributed by atoms with Gasteiger partial charge < -0.3 is 0 Å². The van der Waals surface area contributed by atoms with E-state index in [2.05, 4.69) is 11.8 Å². The molecule has 0 heterocycles. The van der Waals surface area contributed by atoms with E-state index in [0.717, 1.165) is 25.7 Å². The van der Waals surface area contributed by atoms with Gasteiger partial charge in [-0.15, -0.1) is 0 Å². The molecule has 1 N–H and O–H groups in total. The van der Waals surface area contributed by atoms with Gasteiger partial charge in [-0.25, -0.2) is 4.89 Å². The lowest BCUT2D eigenvalue weighted by molar-refractivity contribution is -0.267. The molecule has 0 bridgehead atoms. The summed E-state index contributed by atoms with van der Waals surface area (Å²) in [7, 11) is 0. The molecular weight excluding hydrogens is 156 g/mol. The van der Waals surface area contributed by atoms with E-state index >= 15 is 0 Å². The van der Waals surface area contributed by atoms with Crippen molar-refractivity contribution in [3.05, 3.63) is 12.2 Å². The summed E-state index contributed by atoms with van der Waals surface area (Å²) in [6.45, 7) is 2.11. The quantitative estimate of drug-likeness (QED) is 0.210. The monoisotopic (exact) mass is 172 g/mol. The van der Waals surface area contributed by atoms with Crippen LogP contribution in [0.25, 0.3) is 0 Å². The first-order valence-electron chi connectivity index (χ1n) is 4.27. The molecule has 0 saturated heterocycles. The second-order valence-electron chi connectivity index (χ2n) is 2.66. The van der Waals surface area contributed by atoms with Gasteiger partial charge in [0.15, 0.2) is 0 Å². The first-order chi connectivity index (χ1) is 5.85. The molecular formula is C9H16O3. The largest absolute Gasteiger partial charge is 0.299 e. The minimum atomic E-state index is -0.332. The lowest BCUT2D eigenvalue weighted by Crippen LogP contribution is -2.06. The van der Waals surface area contributed by atoms with Gasteiger partial charge in [0.1, 0.15) is 12.4 Å². The Morgan fingerprint density at radius 3 is 2.75 bits per heavy atom. The number of allylic oxidation sites excluding steroid dienone is 1. The fourth-order valence-electron chi connectivity index (χ4n) is 0.949. The van der Waals surface area contributed by atoms with Crippen LogP contribution in [0.3, 0.4) is 0 Å². The van der Waals surface area contributed by atoms with Crippen molar-refractivity contribution < 1.29 is 14.9 Å². The molecule has 1 unspecified atom stereocenters. The van der Waals surface area contributed by atoms with Crippen LogP contribution in [0.5, 0.6) is 0 Å². The highest BCUT2D eigenvalue weighted by Gasteiger charge is 2.02. The summed E-state index contributed by atoms with van der Waals surface area (Å²) < 4.78 is 0. The molecule has 0 aliphatic heterocycles. The summed E-state index contributed by atoms with van der Waals surface area (Å²) in [6.07, 6.45) is 7.26. The molecule has 0 radical (unpaired) electrons. The van der Waals surface area contributed by atoms with Crippen molar-refractivity contribution in [3.63, 3.8) is 0 Å². The Balaban J connectivity index is 3.52. The highest BCUT2D eigenvalue weighted by molar-refractivity contribution is 5.64. The van der Waals surface area contributed by atoms with Crippen LogP contribution in [-0.2, 0) is 9.68 Å². The number of hydrogen-bond acceptors (Lipinski definition) is 3. The maximum absolute atomic E-state index is 9.93. The van der Waals surface area contributed by atoms with E-state index in [4.69, 9.17) is 5.26 Å². The van der Waals surface area contributed by atoms with Gasteiger partial charge in [-0.3, -0.25) is 10.1 Å². The molecule has 0 saturated carbocycles. The molecule has 0 aliphatic rings. The number of hydrogen-bond donors (Lipinski definition) is 1. The second-order valence-corrected chi connectivity index (χ2v) is 2.66. The zero-order valence-electron chi connectivity index (χ0n) is 7.40. The average molecular weight is 172 g/mol. The third-order valence-electron chi connectivity index (χ3n) is 1.63. The maximum Gasteiger partial charge on any atom is 0.142 e. The van der Waals surface area contributed by atoms with E-state index in [1.54, 1.807) is 6.08 Å². The Kier molecular flexibility index (Phi) is 7.96. The van der Waals surface area contributed by atoms with E-state index in [-0.39, 0.29) is 6.10 Å². The number of carbonyl (C=O) groups is 1. The third-order valence-corrected chi connectivity index (χ3v) is 1.63. The zero-order chi connectivity index (χ0) is 9.23. The lowest BCUT2D eigenvalue weighted by Gasteiger charge is -2.06. The van der Waals surface area contributed by atoms with Gasteiger partial charge >= 0.3 is 0 Å². The third kappa shape index (κ3) is 6.07. The molecule has 0 aromatic rings. The highest BCUT2D eigenvalue weighted by atomic mass is 17.1. The van der Waals surface area contributed by atoms with Crippen molar-refractivity contribution in [2.45, 2.75) is 38.7 Å². The predicted molar refractivity (Wildman–Crippen MR) is 46.8 cm³/mol. The van der Waals surface area contributed by atoms with Gasteiger partial charge in [0, 0.05) is 0 Å². The Morgan fingerprint density at radius 1 is 1.50 bits per heavy atom. The molecule has 0 rings (SSSR count). The predicted octanol–water partition coefficient (Wildman–Crippen LogP) is 2.18. The van der Waals surface area contributed by atoms with Crippen molar-refractivity contribution in [1.29, 1.82) is 0 Å². The average Bonchev–Trinajstić information content (AvgIpc) is 2.11. The van der Waals surface area contributed by atoms with E-state index in [9.17, 15) is 4.79 Å². The molecule has 3 nitrogen and oxygen atoms in total. The van der Waals surface area contributed by atoms with E-state index in [1.807, 2.05) is 0 Å². The highest BCUT2D eigenvalue weighted by Crippen LogP contribution is 2.06. The summed E-state index contributed by atoms with van der Waals surface area (Å²) in [5.41, 5.74) is 0. The van der Waals surface area contributed by atoms with Gasteiger partial charge in [-0.1, -0.05) is 26.2 Å². The van der Waals surface area contributed by atoms with Crippen LogP contribution in [0.2, 0.25) is 0 Å². The molecule has 70 valence electrons. The number of carbonyl (C=O) groups excluding carboxylic acids is 1. The molecule has 0 aliphatic carbocycles. The number of unbranched alkanes of at least 4 members (excludes halogenated alkanes) is 2. The van der Waals surface area contributed by atoms with Gasteiger partial charge in [-0.05, 0) is 18.6 Å². The minimum absolute atomic E-state index is 0.332. The van der Waals surface area contributed by atoms with E-state index in [0.29, 0.717) is 6.29 Å². The van der Waals surface area contributed by atoms with Gasteiger partial charge in [0.05, 0.1) is 0 Å². The standard InChI is InChI=1S/C9H16O3/c1-2-3-4-6-9(12-11)7-5-8-10/h5,7-9,11H,2-4,6H2,1H3/b7-5+. The first kappa shape index (κ1) is 11.3. The molecule has 1 atom stereocenters. The molecule has 0 aromatic carbocycles. The summed E-state index contributed by atoms with van der Waals surface area (Å²) in [6, 6.07) is 0. The summed E-state index contributed by atoms with van der Waals surface area (Å²) in [5.74, 6) is 0. The first-order valence-corrected chi connectivity index (χ1v) is 4.27. The molecule has 0 amide bonds. The molecule has 0 spiro atoms. The van der Waals surface area contributed by atoms with Crippen LogP contribution < -0.4 is 0 Å². The van der Waals surface area contributed by atoms with Crippen LogP contribution >= 0.6 is 0 Å². The van der Waals surface area contributed by atoms with Gasteiger partial charge in [-0.2, -0.15) is 0 Å². The Labute approximate surface area is 73.0 Å². The fourth-order valence-corrected chi connectivity index (χ4v) is 0.949. The summed E-state index contributed by atoms with van der Waals surface area (Å²) >= 11 is 0. The molecule has 0 aromatic heterocycles.